The largest absolute Gasteiger partial charge is 0.573 e. The molecule has 0 aromatic heterocycles. The molecule has 0 saturated carbocycles. The molecule has 2 aromatic carbocycles. The van der Waals surface area contributed by atoms with Gasteiger partial charge in [0.1, 0.15) is 10.6 Å². The van der Waals surface area contributed by atoms with Gasteiger partial charge < -0.3 is 4.74 Å². The van der Waals surface area contributed by atoms with Crippen molar-refractivity contribution in [3.05, 3.63) is 54.1 Å². The zero-order chi connectivity index (χ0) is 25.8. The smallest absolute Gasteiger partial charge is 0.404 e. The molecule has 2 aliphatic heterocycles. The molecular weight excluding hydrogens is 524 g/mol. The van der Waals surface area contributed by atoms with Gasteiger partial charge in [0.15, 0.2) is 9.84 Å². The summed E-state index contributed by atoms with van der Waals surface area (Å²) in [4.78, 5) is -1.22. The van der Waals surface area contributed by atoms with Crippen LogP contribution in [0.5, 0.6) is 5.75 Å². The van der Waals surface area contributed by atoms with Gasteiger partial charge in [-0.05, 0) is 56.0 Å². The molecule has 0 radical (unpaired) electrons. The lowest BCUT2D eigenvalue weighted by Crippen LogP contribution is -2.49. The number of sulfonamides is 1. The third kappa shape index (κ3) is 5.00. The number of rotatable bonds is 5. The zero-order valence-electron chi connectivity index (χ0n) is 17.8. The van der Waals surface area contributed by atoms with E-state index < -0.39 is 70.8 Å². The second-order valence-electron chi connectivity index (χ2n) is 8.38. The van der Waals surface area contributed by atoms with Crippen LogP contribution in [0.25, 0.3) is 0 Å². The molecule has 4 rings (SSSR count). The summed E-state index contributed by atoms with van der Waals surface area (Å²) in [5.74, 6) is -0.883. The maximum Gasteiger partial charge on any atom is 0.573 e. The van der Waals surface area contributed by atoms with Gasteiger partial charge in [0.25, 0.3) is 0 Å². The molecule has 2 aliphatic rings. The number of para-hydroxylation sites is 1. The third-order valence-corrected chi connectivity index (χ3v) is 10.4. The maximum absolute atomic E-state index is 13.3. The van der Waals surface area contributed by atoms with Crippen LogP contribution < -0.4 is 4.74 Å². The summed E-state index contributed by atoms with van der Waals surface area (Å²) in [6, 6.07) is 5.94. The van der Waals surface area contributed by atoms with Crippen molar-refractivity contribution in [1.29, 1.82) is 0 Å². The molecule has 3 atom stereocenters. The van der Waals surface area contributed by atoms with Crippen LogP contribution >= 0.6 is 0 Å². The van der Waals surface area contributed by atoms with Crippen LogP contribution in [0.4, 0.5) is 26.3 Å². The fraction of sp³-hybridized carbons (Fsp3) is 0.429. The monoisotopic (exact) mass is 543 g/mol. The predicted octanol–water partition coefficient (Wildman–Crippen LogP) is 4.76. The number of fused-ring (bicyclic) bond motifs is 2. The van der Waals surface area contributed by atoms with Crippen molar-refractivity contribution in [2.45, 2.75) is 65.3 Å². The minimum absolute atomic E-state index is 0.211. The Morgan fingerprint density at radius 2 is 1.43 bits per heavy atom. The molecule has 0 spiro atoms. The van der Waals surface area contributed by atoms with Crippen molar-refractivity contribution in [3.63, 3.8) is 0 Å². The molecular formula is C21H19F6NO5S2. The molecule has 192 valence electrons. The molecule has 0 aliphatic carbocycles. The van der Waals surface area contributed by atoms with Crippen LogP contribution in [-0.2, 0) is 26.0 Å². The Hall–Kier alpha value is -2.32. The molecule has 2 bridgehead atoms. The second-order valence-corrected chi connectivity index (χ2v) is 12.4. The number of halogens is 6. The van der Waals surface area contributed by atoms with Crippen molar-refractivity contribution >= 4 is 19.9 Å². The van der Waals surface area contributed by atoms with E-state index in [1.54, 1.807) is 0 Å². The molecule has 14 heteroatoms. The second kappa shape index (κ2) is 8.66. The first-order chi connectivity index (χ1) is 16.1. The van der Waals surface area contributed by atoms with E-state index in [0.717, 1.165) is 34.6 Å². The molecule has 2 saturated heterocycles. The first-order valence-corrected chi connectivity index (χ1v) is 13.4. The van der Waals surface area contributed by atoms with Crippen molar-refractivity contribution in [2.24, 2.45) is 0 Å². The van der Waals surface area contributed by atoms with Crippen molar-refractivity contribution in [2.75, 3.05) is 0 Å². The Morgan fingerprint density at radius 3 is 2.00 bits per heavy atom. The summed E-state index contributed by atoms with van der Waals surface area (Å²) < 4.78 is 135. The van der Waals surface area contributed by atoms with Crippen LogP contribution in [0.15, 0.2) is 58.3 Å². The number of piperidine rings is 1. The Kier molecular flexibility index (Phi) is 6.37. The highest BCUT2D eigenvalue weighted by molar-refractivity contribution is 7.92. The summed E-state index contributed by atoms with van der Waals surface area (Å²) in [6.07, 6.45) is -9.75. The molecule has 0 amide bonds. The number of alkyl halides is 6. The molecule has 2 fully saturated rings. The quantitative estimate of drug-likeness (QED) is 0.508. The number of benzene rings is 2. The summed E-state index contributed by atoms with van der Waals surface area (Å²) in [6.45, 7) is 0. The van der Waals surface area contributed by atoms with Crippen LogP contribution in [0.2, 0.25) is 0 Å². The van der Waals surface area contributed by atoms with E-state index in [-0.39, 0.29) is 25.7 Å². The highest BCUT2D eigenvalue weighted by Crippen LogP contribution is 2.44. The van der Waals surface area contributed by atoms with E-state index in [4.69, 9.17) is 0 Å². The van der Waals surface area contributed by atoms with Crippen LogP contribution in [0.1, 0.15) is 31.2 Å². The van der Waals surface area contributed by atoms with Gasteiger partial charge >= 0.3 is 12.5 Å². The van der Waals surface area contributed by atoms with E-state index >= 15 is 0 Å². The van der Waals surface area contributed by atoms with E-state index in [1.165, 1.54) is 12.1 Å². The zero-order valence-corrected chi connectivity index (χ0v) is 19.4. The minimum atomic E-state index is -5.12. The number of hydrogen-bond acceptors (Lipinski definition) is 5. The minimum Gasteiger partial charge on any atom is -0.404 e. The SMILES string of the molecule is O=S(=O)(c1ccccc1OC(F)(F)F)C1C[C@H]2CC[C@@H](C1)N2S(=O)(=O)c1cccc(C(F)(F)F)c1. The molecule has 1 unspecified atom stereocenters. The van der Waals surface area contributed by atoms with Gasteiger partial charge in [-0.15, -0.1) is 13.2 Å². The van der Waals surface area contributed by atoms with Gasteiger partial charge in [-0.2, -0.15) is 17.5 Å². The molecule has 2 aromatic rings. The summed E-state index contributed by atoms with van der Waals surface area (Å²) in [7, 11) is -8.73. The fourth-order valence-electron chi connectivity index (χ4n) is 4.76. The summed E-state index contributed by atoms with van der Waals surface area (Å²) in [5, 5.41) is -1.19. The molecule has 6 nitrogen and oxygen atoms in total. The van der Waals surface area contributed by atoms with Gasteiger partial charge in [0, 0.05) is 12.1 Å². The van der Waals surface area contributed by atoms with Gasteiger partial charge in [-0.25, -0.2) is 16.8 Å². The fourth-order valence-corrected chi connectivity index (χ4v) is 8.66. The first-order valence-electron chi connectivity index (χ1n) is 10.4. The highest BCUT2D eigenvalue weighted by atomic mass is 32.2. The van der Waals surface area contributed by atoms with Crippen molar-refractivity contribution < 1.29 is 47.9 Å². The van der Waals surface area contributed by atoms with Crippen LogP contribution in [0.3, 0.4) is 0 Å². The number of ether oxygens (including phenoxy) is 1. The van der Waals surface area contributed by atoms with Crippen molar-refractivity contribution in [3.8, 4) is 5.75 Å². The molecule has 35 heavy (non-hydrogen) atoms. The van der Waals surface area contributed by atoms with E-state index in [1.807, 2.05) is 0 Å². The Balaban J connectivity index is 1.63. The standard InChI is InChI=1S/C21H19F6NO5S2/c22-20(23,24)13-4-3-5-16(10-13)35(31,32)28-14-8-9-15(28)12-17(11-14)34(29,30)19-7-2-1-6-18(19)33-21(25,26)27/h1-7,10,14-15,17H,8-9,11-12H2/t14-,15+,17?. The topological polar surface area (TPSA) is 80.8 Å². The third-order valence-electron chi connectivity index (χ3n) is 6.18. The maximum atomic E-state index is 13.3. The molecule has 2 heterocycles. The van der Waals surface area contributed by atoms with Crippen LogP contribution in [0, 0.1) is 0 Å². The Bertz CT molecular complexity index is 1310. The van der Waals surface area contributed by atoms with Gasteiger partial charge in [0.05, 0.1) is 15.7 Å². The Morgan fingerprint density at radius 1 is 0.829 bits per heavy atom. The average Bonchev–Trinajstić information content (AvgIpc) is 3.03. The van der Waals surface area contributed by atoms with Crippen molar-refractivity contribution in [1.82, 2.24) is 4.31 Å². The lowest BCUT2D eigenvalue weighted by atomic mass is 10.1. The van der Waals surface area contributed by atoms with E-state index in [2.05, 4.69) is 4.74 Å². The number of hydrogen-bond donors (Lipinski definition) is 0. The number of nitrogens with zero attached hydrogens (tertiary/aromatic N) is 1. The average molecular weight is 544 g/mol. The van der Waals surface area contributed by atoms with Crippen LogP contribution in [-0.4, -0.2) is 44.8 Å². The lowest BCUT2D eigenvalue weighted by Gasteiger charge is -2.37. The van der Waals surface area contributed by atoms with E-state index in [9.17, 15) is 43.2 Å². The first kappa shape index (κ1) is 25.8. The van der Waals surface area contributed by atoms with Gasteiger partial charge in [-0.1, -0.05) is 18.2 Å². The summed E-state index contributed by atoms with van der Waals surface area (Å²) in [5.41, 5.74) is -1.13. The van der Waals surface area contributed by atoms with E-state index in [0.29, 0.717) is 6.07 Å². The van der Waals surface area contributed by atoms with Gasteiger partial charge in [0.2, 0.25) is 10.0 Å². The lowest BCUT2D eigenvalue weighted by molar-refractivity contribution is -0.275. The predicted molar refractivity (Wildman–Crippen MR) is 111 cm³/mol. The Labute approximate surface area is 197 Å². The van der Waals surface area contributed by atoms with Gasteiger partial charge in [-0.3, -0.25) is 0 Å². The normalized spacial score (nSPS) is 23.9. The summed E-state index contributed by atoms with van der Waals surface area (Å²) >= 11 is 0. The number of sulfone groups is 1. The molecule has 0 N–H and O–H groups in total. The highest BCUT2D eigenvalue weighted by Gasteiger charge is 2.51.